The molecule has 0 saturated heterocycles. The molecule has 240 valence electrons. The Bertz CT molecular complexity index is 624. The Labute approximate surface area is 300 Å². The van der Waals surface area contributed by atoms with Gasteiger partial charge < -0.3 is 4.55 Å². The number of hydrogen-bond donors (Lipinski definition) is 0. The van der Waals surface area contributed by atoms with Crippen molar-refractivity contribution < 1.29 is 68.5 Å². The Kier molecular flexibility index (Phi) is 38.7. The molecule has 41 heavy (non-hydrogen) atoms. The molecule has 0 aromatic carbocycles. The Balaban J connectivity index is 0. The summed E-state index contributed by atoms with van der Waals surface area (Å²) in [6.07, 6.45) is 42.4. The van der Waals surface area contributed by atoms with Crippen LogP contribution >= 0.6 is 0 Å². The third kappa shape index (κ3) is 39.2. The van der Waals surface area contributed by atoms with E-state index in [1.807, 2.05) is 0 Å². The summed E-state index contributed by atoms with van der Waals surface area (Å²) in [5.74, 6) is 0.0170. The van der Waals surface area contributed by atoms with Crippen molar-refractivity contribution in [2.45, 2.75) is 200 Å². The standard InChI is InChI=1S/C35H70O4S.K/c1-3-5-7-9-11-13-15-16-17-18-19-20-21-23-25-27-29-31-33-35(34-39-40(36,37)38)32-30-28-26-24-22-14-12-10-8-6-4-2;/h30,32,35H,3-29,31,33-34H2,1-2H3,(H,36,37,38);/q;+1/p-1/b32-30+;. The van der Waals surface area contributed by atoms with Crippen LogP contribution in [0.5, 0.6) is 0 Å². The average Bonchev–Trinajstić information content (AvgIpc) is 2.93. The predicted octanol–water partition coefficient (Wildman–Crippen LogP) is 8.99. The molecule has 0 aromatic rings. The predicted molar refractivity (Wildman–Crippen MR) is 174 cm³/mol. The van der Waals surface area contributed by atoms with Crippen molar-refractivity contribution in [3.8, 4) is 0 Å². The molecule has 4 nitrogen and oxygen atoms in total. The number of unbranched alkanes of at least 4 members (excludes halogenated alkanes) is 26. The third-order valence-corrected chi connectivity index (χ3v) is 8.66. The molecule has 0 aliphatic rings. The zero-order chi connectivity index (χ0) is 29.4. The maximum Gasteiger partial charge on any atom is 1.00 e. The second-order valence-electron chi connectivity index (χ2n) is 12.3. The minimum absolute atomic E-state index is 0. The van der Waals surface area contributed by atoms with Gasteiger partial charge in [0.15, 0.2) is 0 Å². The summed E-state index contributed by atoms with van der Waals surface area (Å²) >= 11 is 0. The van der Waals surface area contributed by atoms with Gasteiger partial charge in [0.05, 0.1) is 6.61 Å². The summed E-state index contributed by atoms with van der Waals surface area (Å²) in [7, 11) is -4.62. The van der Waals surface area contributed by atoms with Gasteiger partial charge in [0.1, 0.15) is 0 Å². The fourth-order valence-electron chi connectivity index (χ4n) is 5.58. The molecule has 1 unspecified atom stereocenters. The summed E-state index contributed by atoms with van der Waals surface area (Å²) < 4.78 is 37.4. The van der Waals surface area contributed by atoms with Crippen LogP contribution < -0.4 is 51.4 Å². The van der Waals surface area contributed by atoms with E-state index in [0.29, 0.717) is 0 Å². The number of hydrogen-bond acceptors (Lipinski definition) is 4. The smallest absolute Gasteiger partial charge is 0.726 e. The molecule has 0 heterocycles. The van der Waals surface area contributed by atoms with Crippen molar-refractivity contribution in [1.29, 1.82) is 0 Å². The van der Waals surface area contributed by atoms with Crippen LogP contribution in [0.25, 0.3) is 0 Å². The van der Waals surface area contributed by atoms with Crippen LogP contribution in [0.4, 0.5) is 0 Å². The van der Waals surface area contributed by atoms with Crippen LogP contribution in [0, 0.1) is 5.92 Å². The largest absolute Gasteiger partial charge is 1.00 e. The van der Waals surface area contributed by atoms with Gasteiger partial charge in [-0.05, 0) is 19.3 Å². The molecular weight excluding hydrogens is 556 g/mol. The first-order chi connectivity index (χ1) is 19.5. The minimum atomic E-state index is -4.62. The van der Waals surface area contributed by atoms with Gasteiger partial charge in [-0.1, -0.05) is 193 Å². The molecule has 1 atom stereocenters. The van der Waals surface area contributed by atoms with Crippen molar-refractivity contribution in [3.63, 3.8) is 0 Å². The van der Waals surface area contributed by atoms with Crippen molar-refractivity contribution in [2.75, 3.05) is 6.61 Å². The zero-order valence-corrected chi connectivity index (χ0v) is 31.9. The van der Waals surface area contributed by atoms with Crippen LogP contribution in [-0.4, -0.2) is 19.6 Å². The second kappa shape index (κ2) is 35.7. The Morgan fingerprint density at radius 3 is 1.20 bits per heavy atom. The Morgan fingerprint density at radius 1 is 0.537 bits per heavy atom. The minimum Gasteiger partial charge on any atom is -0.726 e. The summed E-state index contributed by atoms with van der Waals surface area (Å²) in [5, 5.41) is 0. The van der Waals surface area contributed by atoms with E-state index >= 15 is 0 Å². The summed E-state index contributed by atoms with van der Waals surface area (Å²) in [5.41, 5.74) is 0. The van der Waals surface area contributed by atoms with Gasteiger partial charge in [0.25, 0.3) is 0 Å². The molecule has 0 radical (unpaired) electrons. The van der Waals surface area contributed by atoms with Crippen LogP contribution in [0.1, 0.15) is 200 Å². The molecule has 0 aromatic heterocycles. The zero-order valence-electron chi connectivity index (χ0n) is 28.0. The molecule has 0 N–H and O–H groups in total. The van der Waals surface area contributed by atoms with Crippen molar-refractivity contribution in [1.82, 2.24) is 0 Å². The fourth-order valence-corrected chi connectivity index (χ4v) is 5.92. The number of allylic oxidation sites excluding steroid dienone is 1. The molecule has 0 amide bonds. The van der Waals surface area contributed by atoms with E-state index in [4.69, 9.17) is 0 Å². The molecular formula is C35H69KO4S. The SMILES string of the molecule is CCCCCCCCCCC/C=C/C(CCCCCCCCCCCCCCCCCCCC)COS(=O)(=O)[O-].[K+]. The molecule has 0 aliphatic carbocycles. The molecule has 0 saturated carbocycles. The summed E-state index contributed by atoms with van der Waals surface area (Å²) in [6, 6.07) is 0. The van der Waals surface area contributed by atoms with Gasteiger partial charge in [0.2, 0.25) is 10.4 Å². The van der Waals surface area contributed by atoms with E-state index in [1.54, 1.807) is 0 Å². The quantitative estimate of drug-likeness (QED) is 0.0240. The third-order valence-electron chi connectivity index (χ3n) is 8.24. The van der Waals surface area contributed by atoms with E-state index in [-0.39, 0.29) is 63.9 Å². The van der Waals surface area contributed by atoms with Gasteiger partial charge >= 0.3 is 51.4 Å². The van der Waals surface area contributed by atoms with Crippen molar-refractivity contribution in [3.05, 3.63) is 12.2 Å². The first-order valence-corrected chi connectivity index (χ1v) is 19.1. The van der Waals surface area contributed by atoms with Crippen LogP contribution in [0.3, 0.4) is 0 Å². The van der Waals surface area contributed by atoms with Gasteiger partial charge in [-0.15, -0.1) is 0 Å². The molecule has 6 heteroatoms. The monoisotopic (exact) mass is 624 g/mol. The van der Waals surface area contributed by atoms with Crippen LogP contribution in [0.2, 0.25) is 0 Å². The molecule has 0 aliphatic heterocycles. The number of rotatable bonds is 33. The first kappa shape index (κ1) is 44.4. The topological polar surface area (TPSA) is 66.4 Å². The average molecular weight is 625 g/mol. The Morgan fingerprint density at radius 2 is 0.854 bits per heavy atom. The van der Waals surface area contributed by atoms with Gasteiger partial charge in [-0.2, -0.15) is 0 Å². The Hall–Kier alpha value is 1.25. The molecule has 0 bridgehead atoms. The van der Waals surface area contributed by atoms with Gasteiger partial charge in [-0.3, -0.25) is 4.18 Å². The molecule has 0 spiro atoms. The van der Waals surface area contributed by atoms with Crippen LogP contribution in [-0.2, 0) is 14.6 Å². The first-order valence-electron chi connectivity index (χ1n) is 17.8. The van der Waals surface area contributed by atoms with E-state index in [1.165, 1.54) is 167 Å². The maximum absolute atomic E-state index is 10.9. The van der Waals surface area contributed by atoms with Crippen molar-refractivity contribution in [2.24, 2.45) is 5.92 Å². The van der Waals surface area contributed by atoms with Crippen LogP contribution in [0.15, 0.2) is 12.2 Å². The fraction of sp³-hybridized carbons (Fsp3) is 0.943. The van der Waals surface area contributed by atoms with E-state index in [0.717, 1.165) is 19.3 Å². The van der Waals surface area contributed by atoms with Crippen molar-refractivity contribution >= 4 is 10.4 Å². The van der Waals surface area contributed by atoms with E-state index in [9.17, 15) is 13.0 Å². The van der Waals surface area contributed by atoms with E-state index in [2.05, 4.69) is 30.2 Å². The summed E-state index contributed by atoms with van der Waals surface area (Å²) in [6.45, 7) is 4.52. The van der Waals surface area contributed by atoms with Gasteiger partial charge in [0, 0.05) is 5.92 Å². The second-order valence-corrected chi connectivity index (χ2v) is 13.3. The molecule has 0 fully saturated rings. The van der Waals surface area contributed by atoms with Gasteiger partial charge in [-0.25, -0.2) is 8.42 Å². The van der Waals surface area contributed by atoms with E-state index < -0.39 is 10.4 Å². The summed E-state index contributed by atoms with van der Waals surface area (Å²) in [4.78, 5) is 0. The molecule has 0 rings (SSSR count). The normalized spacial score (nSPS) is 12.7. The maximum atomic E-state index is 10.9.